The molecule has 0 aliphatic heterocycles. The first-order valence-corrected chi connectivity index (χ1v) is 11.0. The van der Waals surface area contributed by atoms with Crippen molar-refractivity contribution in [2.45, 2.75) is 24.2 Å². The topological polar surface area (TPSA) is 51.2 Å². The van der Waals surface area contributed by atoms with Crippen LogP contribution < -0.4 is 0 Å². The molecule has 162 valence electrons. The molecule has 0 bridgehead atoms. The lowest BCUT2D eigenvalue weighted by Gasteiger charge is -2.13. The Labute approximate surface area is 177 Å². The zero-order valence-electron chi connectivity index (χ0n) is 16.4. The van der Waals surface area contributed by atoms with Crippen molar-refractivity contribution in [1.29, 1.82) is 0 Å². The van der Waals surface area contributed by atoms with Crippen LogP contribution in [0.25, 0.3) is 0 Å². The van der Waals surface area contributed by atoms with Gasteiger partial charge < -0.3 is 0 Å². The van der Waals surface area contributed by atoms with Crippen LogP contribution in [-0.2, 0) is 16.3 Å². The number of sulfone groups is 1. The van der Waals surface area contributed by atoms with Gasteiger partial charge in [0.1, 0.15) is 11.6 Å². The Morgan fingerprint density at radius 1 is 0.871 bits per heavy atom. The zero-order chi connectivity index (χ0) is 22.8. The van der Waals surface area contributed by atoms with Gasteiger partial charge in [-0.05, 0) is 59.5 Å². The lowest BCUT2D eigenvalue weighted by molar-refractivity contribution is 0.0988. The van der Waals surface area contributed by atoms with Gasteiger partial charge in [-0.1, -0.05) is 25.1 Å². The van der Waals surface area contributed by atoms with Gasteiger partial charge in [0.05, 0.1) is 16.2 Å². The highest BCUT2D eigenvalue weighted by molar-refractivity contribution is 7.91. The Balaban J connectivity index is 1.84. The molecular weight excluding hydrogens is 432 g/mol. The molecule has 3 aromatic rings. The predicted molar refractivity (Wildman–Crippen MR) is 108 cm³/mol. The Morgan fingerprint density at radius 2 is 1.58 bits per heavy atom. The third-order valence-electron chi connectivity index (χ3n) is 4.83. The molecule has 0 aliphatic carbocycles. The second-order valence-electron chi connectivity index (χ2n) is 7.23. The van der Waals surface area contributed by atoms with Gasteiger partial charge in [-0.2, -0.15) is 0 Å². The zero-order valence-corrected chi connectivity index (χ0v) is 17.2. The van der Waals surface area contributed by atoms with E-state index in [0.717, 1.165) is 30.3 Å². The van der Waals surface area contributed by atoms with Gasteiger partial charge >= 0.3 is 0 Å². The molecule has 0 N–H and O–H groups in total. The first kappa shape index (κ1) is 22.7. The number of halogens is 4. The Bertz CT molecular complexity index is 1240. The Hall–Kier alpha value is -3.00. The molecule has 3 rings (SSSR count). The molecule has 3 aromatic carbocycles. The van der Waals surface area contributed by atoms with E-state index >= 15 is 0 Å². The minimum absolute atomic E-state index is 0.122. The molecule has 1 atom stereocenters. The quantitative estimate of drug-likeness (QED) is 0.281. The van der Waals surface area contributed by atoms with Gasteiger partial charge in [0.25, 0.3) is 0 Å². The number of benzene rings is 3. The number of hydrogen-bond acceptors (Lipinski definition) is 3. The van der Waals surface area contributed by atoms with Gasteiger partial charge in [0.2, 0.25) is 0 Å². The van der Waals surface area contributed by atoms with Crippen LogP contribution in [0.2, 0.25) is 0 Å². The maximum atomic E-state index is 14.2. The molecule has 0 fully saturated rings. The molecular formula is C23H18F4O3S. The minimum atomic E-state index is -3.93. The lowest BCUT2D eigenvalue weighted by atomic mass is 10.0. The molecule has 0 aromatic heterocycles. The van der Waals surface area contributed by atoms with Gasteiger partial charge in [0.15, 0.2) is 27.3 Å². The van der Waals surface area contributed by atoms with Crippen molar-refractivity contribution in [1.82, 2.24) is 0 Å². The molecule has 0 saturated carbocycles. The van der Waals surface area contributed by atoms with Crippen LogP contribution in [0.15, 0.2) is 65.6 Å². The van der Waals surface area contributed by atoms with Crippen molar-refractivity contribution in [2.75, 3.05) is 5.75 Å². The molecule has 0 radical (unpaired) electrons. The largest absolute Gasteiger partial charge is 0.294 e. The fraction of sp³-hybridized carbons (Fsp3) is 0.174. The van der Waals surface area contributed by atoms with Crippen molar-refractivity contribution in [3.05, 3.63) is 101 Å². The van der Waals surface area contributed by atoms with E-state index in [0.29, 0.717) is 5.56 Å². The smallest absolute Gasteiger partial charge is 0.178 e. The number of hydrogen-bond donors (Lipinski definition) is 0. The average Bonchev–Trinajstić information content (AvgIpc) is 2.70. The van der Waals surface area contributed by atoms with Crippen LogP contribution in [0, 0.1) is 23.3 Å². The summed E-state index contributed by atoms with van der Waals surface area (Å²) in [5.41, 5.74) is 0.140. The van der Waals surface area contributed by atoms with E-state index in [-0.39, 0.29) is 16.2 Å². The lowest BCUT2D eigenvalue weighted by Crippen LogP contribution is -2.15. The maximum Gasteiger partial charge on any atom is 0.178 e. The van der Waals surface area contributed by atoms with E-state index < -0.39 is 56.8 Å². The predicted octanol–water partition coefficient (Wildman–Crippen LogP) is 5.25. The minimum Gasteiger partial charge on any atom is -0.294 e. The van der Waals surface area contributed by atoms with E-state index in [1.54, 1.807) is 13.0 Å². The van der Waals surface area contributed by atoms with E-state index in [4.69, 9.17) is 0 Å². The number of ketones is 1. The number of carbonyl (C=O) groups excluding carboxylic acids is 1. The molecule has 8 heteroatoms. The third kappa shape index (κ3) is 5.38. The maximum absolute atomic E-state index is 14.2. The highest BCUT2D eigenvalue weighted by Gasteiger charge is 2.23. The summed E-state index contributed by atoms with van der Waals surface area (Å²) >= 11 is 0. The van der Waals surface area contributed by atoms with Crippen molar-refractivity contribution in [2.24, 2.45) is 0 Å². The van der Waals surface area contributed by atoms with Crippen molar-refractivity contribution >= 4 is 15.6 Å². The van der Waals surface area contributed by atoms with Crippen molar-refractivity contribution < 1.29 is 30.8 Å². The second kappa shape index (κ2) is 9.01. The molecule has 0 saturated heterocycles. The second-order valence-corrected chi connectivity index (χ2v) is 9.26. The average molecular weight is 450 g/mol. The molecule has 31 heavy (non-hydrogen) atoms. The van der Waals surface area contributed by atoms with E-state index in [2.05, 4.69) is 0 Å². The van der Waals surface area contributed by atoms with Crippen molar-refractivity contribution in [3.8, 4) is 0 Å². The SMILES string of the molecule is CC(CS(=O)(=O)c1ccc(F)c(C(=O)Cc2ccc(F)c(F)c2)c1)c1cccc(F)c1. The van der Waals surface area contributed by atoms with Crippen LogP contribution in [-0.4, -0.2) is 20.0 Å². The first-order chi connectivity index (χ1) is 14.6. The number of Topliss-reactive ketones (excluding diaryl/α,β-unsaturated/α-hetero) is 1. The Morgan fingerprint density at radius 3 is 2.26 bits per heavy atom. The summed E-state index contributed by atoms with van der Waals surface area (Å²) in [5, 5.41) is 0. The molecule has 0 amide bonds. The first-order valence-electron chi connectivity index (χ1n) is 9.32. The van der Waals surface area contributed by atoms with E-state index in [1.807, 2.05) is 0 Å². The van der Waals surface area contributed by atoms with E-state index in [9.17, 15) is 30.8 Å². The molecule has 3 nitrogen and oxygen atoms in total. The summed E-state index contributed by atoms with van der Waals surface area (Å²) < 4.78 is 79.7. The summed E-state index contributed by atoms with van der Waals surface area (Å²) in [6.45, 7) is 1.62. The summed E-state index contributed by atoms with van der Waals surface area (Å²) in [6.07, 6.45) is -0.433. The number of rotatable bonds is 7. The van der Waals surface area contributed by atoms with Crippen molar-refractivity contribution in [3.63, 3.8) is 0 Å². The number of carbonyl (C=O) groups is 1. The highest BCUT2D eigenvalue weighted by Crippen LogP contribution is 2.24. The van der Waals surface area contributed by atoms with Crippen LogP contribution in [0.1, 0.15) is 34.3 Å². The highest BCUT2D eigenvalue weighted by atomic mass is 32.2. The molecule has 0 heterocycles. The van der Waals surface area contributed by atoms with Gasteiger partial charge in [-0.3, -0.25) is 4.79 Å². The van der Waals surface area contributed by atoms with Gasteiger partial charge in [0, 0.05) is 6.42 Å². The monoisotopic (exact) mass is 450 g/mol. The normalized spacial score (nSPS) is 12.5. The Kier molecular flexibility index (Phi) is 6.59. The summed E-state index contributed by atoms with van der Waals surface area (Å²) in [7, 11) is -3.93. The third-order valence-corrected chi connectivity index (χ3v) is 6.74. The van der Waals surface area contributed by atoms with Crippen LogP contribution in [0.4, 0.5) is 17.6 Å². The van der Waals surface area contributed by atoms with E-state index in [1.165, 1.54) is 24.3 Å². The summed E-state index contributed by atoms with van der Waals surface area (Å²) in [5.74, 6) is -5.35. The van der Waals surface area contributed by atoms with Gasteiger partial charge in [-0.25, -0.2) is 26.0 Å². The van der Waals surface area contributed by atoms with Crippen LogP contribution >= 0.6 is 0 Å². The van der Waals surface area contributed by atoms with Crippen LogP contribution in [0.5, 0.6) is 0 Å². The molecule has 0 aliphatic rings. The summed E-state index contributed by atoms with van der Waals surface area (Å²) in [4.78, 5) is 12.2. The van der Waals surface area contributed by atoms with Crippen LogP contribution in [0.3, 0.4) is 0 Å². The van der Waals surface area contributed by atoms with Gasteiger partial charge in [-0.15, -0.1) is 0 Å². The standard InChI is InChI=1S/C23H18F4O3S/c1-14(16-3-2-4-17(24)11-16)13-31(29,30)18-6-8-20(25)19(12-18)23(28)10-15-5-7-21(26)22(27)9-15/h2-9,11-12,14H,10,13H2,1H3. The molecule has 0 spiro atoms. The fourth-order valence-corrected chi connectivity index (χ4v) is 4.79. The molecule has 1 unspecified atom stereocenters. The summed E-state index contributed by atoms with van der Waals surface area (Å²) in [6, 6.07) is 11.3. The fourth-order valence-electron chi connectivity index (χ4n) is 3.18.